The van der Waals surface area contributed by atoms with Gasteiger partial charge in [-0.25, -0.2) is 9.69 Å². The van der Waals surface area contributed by atoms with Crippen LogP contribution in [-0.4, -0.2) is 47.4 Å². The molecular formula is C28H30N4O4. The Kier molecular flexibility index (Phi) is 5.28. The van der Waals surface area contributed by atoms with Crippen LogP contribution in [-0.2, 0) is 16.8 Å². The van der Waals surface area contributed by atoms with Gasteiger partial charge in [0, 0.05) is 23.5 Å². The highest BCUT2D eigenvalue weighted by Gasteiger charge is 2.59. The molecule has 2 aliphatic heterocycles. The number of rotatable bonds is 4. The van der Waals surface area contributed by atoms with Gasteiger partial charge in [0.05, 0.1) is 24.1 Å². The third-order valence-electron chi connectivity index (χ3n) is 8.10. The lowest BCUT2D eigenvalue weighted by Crippen LogP contribution is -2.49. The van der Waals surface area contributed by atoms with Crippen molar-refractivity contribution in [3.8, 4) is 5.75 Å². The summed E-state index contributed by atoms with van der Waals surface area (Å²) in [5, 5.41) is 4.12. The fourth-order valence-electron chi connectivity index (χ4n) is 6.13. The average molecular weight is 487 g/mol. The van der Waals surface area contributed by atoms with E-state index in [1.807, 2.05) is 18.2 Å². The van der Waals surface area contributed by atoms with Crippen molar-refractivity contribution < 1.29 is 19.1 Å². The molecule has 1 atom stereocenters. The van der Waals surface area contributed by atoms with Crippen LogP contribution in [0.2, 0.25) is 0 Å². The molecule has 8 nitrogen and oxygen atoms in total. The topological polar surface area (TPSA) is 94.7 Å². The normalized spacial score (nSPS) is 22.1. The molecule has 8 heteroatoms. The van der Waals surface area contributed by atoms with E-state index < -0.39 is 11.6 Å². The van der Waals surface area contributed by atoms with E-state index in [-0.39, 0.29) is 17.9 Å². The Labute approximate surface area is 209 Å². The van der Waals surface area contributed by atoms with E-state index in [9.17, 15) is 14.4 Å². The molecule has 2 N–H and O–H groups in total. The van der Waals surface area contributed by atoms with Gasteiger partial charge in [-0.3, -0.25) is 9.59 Å². The minimum atomic E-state index is -1.19. The lowest BCUT2D eigenvalue weighted by molar-refractivity contribution is -0.125. The summed E-state index contributed by atoms with van der Waals surface area (Å²) in [7, 11) is 1.63. The molecule has 3 aromatic rings. The number of carbonyl (C=O) groups is 3. The fraction of sp³-hybridized carbons (Fsp3) is 0.393. The number of ether oxygens (including phenoxy) is 1. The Bertz CT molecular complexity index is 1390. The predicted octanol–water partition coefficient (Wildman–Crippen LogP) is 4.48. The van der Waals surface area contributed by atoms with Crippen LogP contribution in [0.15, 0.2) is 42.5 Å². The molecule has 0 radical (unpaired) electrons. The van der Waals surface area contributed by atoms with Crippen molar-refractivity contribution in [1.29, 1.82) is 0 Å². The molecule has 4 amide bonds. The van der Waals surface area contributed by atoms with Gasteiger partial charge < -0.3 is 19.9 Å². The molecule has 36 heavy (non-hydrogen) atoms. The predicted molar refractivity (Wildman–Crippen MR) is 136 cm³/mol. The maximum Gasteiger partial charge on any atom is 0.332 e. The summed E-state index contributed by atoms with van der Waals surface area (Å²) in [5.74, 6) is 0.140. The molecule has 2 aromatic carbocycles. The fourth-order valence-corrected chi connectivity index (χ4v) is 6.13. The highest BCUT2D eigenvalue weighted by Crippen LogP contribution is 2.46. The second kappa shape index (κ2) is 8.40. The number of hydrogen-bond acceptors (Lipinski definition) is 4. The van der Waals surface area contributed by atoms with E-state index >= 15 is 0 Å². The number of aromatic amines is 1. The van der Waals surface area contributed by atoms with E-state index in [2.05, 4.69) is 10.3 Å². The molecule has 186 valence electrons. The molecule has 0 spiro atoms. The zero-order chi connectivity index (χ0) is 25.0. The summed E-state index contributed by atoms with van der Waals surface area (Å²) in [6.07, 6.45) is 5.92. The van der Waals surface area contributed by atoms with Gasteiger partial charge >= 0.3 is 6.03 Å². The summed E-state index contributed by atoms with van der Waals surface area (Å²) >= 11 is 0. The molecule has 6 rings (SSSR count). The molecule has 0 bridgehead atoms. The Morgan fingerprint density at radius 3 is 2.67 bits per heavy atom. The molecule has 1 aliphatic carbocycles. The summed E-state index contributed by atoms with van der Waals surface area (Å²) in [6, 6.07) is 12.4. The highest BCUT2D eigenvalue weighted by atomic mass is 16.5. The third-order valence-corrected chi connectivity index (χ3v) is 8.10. The molecule has 1 aromatic heterocycles. The minimum Gasteiger partial charge on any atom is -0.497 e. The van der Waals surface area contributed by atoms with Crippen molar-refractivity contribution >= 4 is 34.4 Å². The number of para-hydroxylation sites is 1. The number of fused-ring (bicyclic) bond motifs is 5. The molecule has 2 fully saturated rings. The van der Waals surface area contributed by atoms with Crippen LogP contribution in [0.5, 0.6) is 5.75 Å². The van der Waals surface area contributed by atoms with Crippen molar-refractivity contribution in [2.45, 2.75) is 57.0 Å². The number of amides is 4. The van der Waals surface area contributed by atoms with E-state index in [4.69, 9.17) is 4.74 Å². The van der Waals surface area contributed by atoms with Crippen LogP contribution < -0.4 is 15.0 Å². The van der Waals surface area contributed by atoms with Gasteiger partial charge in [-0.2, -0.15) is 0 Å². The molecular weight excluding hydrogens is 456 g/mol. The third kappa shape index (κ3) is 3.23. The molecule has 1 saturated heterocycles. The number of nitrogens with one attached hydrogen (secondary N) is 2. The standard InChI is InChI=1S/C28H30N4O4/c1-28-24-19(21-16-18(36-2)12-13-22(21)30-24)14-15-31(28)27(35)32(26(28)34)23-11-7-6-10-20(23)25(33)29-17-8-4-3-5-9-17/h6-7,10-13,16-17,30H,3-5,8-9,14-15H2,1-2H3,(H,29,33)/t28-/m0/s1. The number of benzene rings is 2. The first-order chi connectivity index (χ1) is 17.4. The van der Waals surface area contributed by atoms with E-state index in [1.165, 1.54) is 11.3 Å². The van der Waals surface area contributed by atoms with Gasteiger partial charge in [0.25, 0.3) is 11.8 Å². The van der Waals surface area contributed by atoms with Crippen molar-refractivity contribution in [3.63, 3.8) is 0 Å². The Morgan fingerprint density at radius 1 is 1.11 bits per heavy atom. The maximum atomic E-state index is 14.1. The Hall–Kier alpha value is -3.81. The number of methoxy groups -OCH3 is 1. The molecule has 3 heterocycles. The molecule has 0 unspecified atom stereocenters. The van der Waals surface area contributed by atoms with Gasteiger partial charge in [-0.05, 0) is 62.1 Å². The molecule has 1 saturated carbocycles. The SMILES string of the molecule is COc1ccc2[nH]c3c(c2c1)CCN1C(=O)N(c2ccccc2C(=O)NC2CCCCC2)C(=O)[C@]31C. The first kappa shape index (κ1) is 22.6. The summed E-state index contributed by atoms with van der Waals surface area (Å²) in [4.78, 5) is 47.3. The van der Waals surface area contributed by atoms with Gasteiger partial charge in [0.15, 0.2) is 5.54 Å². The summed E-state index contributed by atoms with van der Waals surface area (Å²) < 4.78 is 5.41. The van der Waals surface area contributed by atoms with Crippen LogP contribution in [0.3, 0.4) is 0 Å². The number of anilines is 1. The van der Waals surface area contributed by atoms with Gasteiger partial charge in [0.1, 0.15) is 5.75 Å². The van der Waals surface area contributed by atoms with Crippen molar-refractivity contribution in [2.24, 2.45) is 0 Å². The van der Waals surface area contributed by atoms with Crippen LogP contribution in [0.4, 0.5) is 10.5 Å². The Morgan fingerprint density at radius 2 is 1.89 bits per heavy atom. The van der Waals surface area contributed by atoms with Crippen molar-refractivity contribution in [2.75, 3.05) is 18.6 Å². The maximum absolute atomic E-state index is 14.1. The average Bonchev–Trinajstić information content (AvgIpc) is 3.37. The zero-order valence-electron chi connectivity index (χ0n) is 20.6. The van der Waals surface area contributed by atoms with Crippen molar-refractivity contribution in [1.82, 2.24) is 15.2 Å². The molecule has 3 aliphatic rings. The number of nitrogens with zero attached hydrogens (tertiary/aromatic N) is 2. The summed E-state index contributed by atoms with van der Waals surface area (Å²) in [6.45, 7) is 2.20. The van der Waals surface area contributed by atoms with E-state index in [0.29, 0.717) is 24.2 Å². The highest BCUT2D eigenvalue weighted by molar-refractivity contribution is 6.25. The second-order valence-corrected chi connectivity index (χ2v) is 10.1. The monoisotopic (exact) mass is 486 g/mol. The van der Waals surface area contributed by atoms with E-state index in [1.54, 1.807) is 43.2 Å². The second-order valence-electron chi connectivity index (χ2n) is 10.1. The first-order valence-corrected chi connectivity index (χ1v) is 12.7. The van der Waals surface area contributed by atoms with Crippen molar-refractivity contribution in [3.05, 3.63) is 59.3 Å². The van der Waals surface area contributed by atoms with Crippen LogP contribution in [0, 0.1) is 0 Å². The number of hydrogen-bond donors (Lipinski definition) is 2. The quantitative estimate of drug-likeness (QED) is 0.532. The van der Waals surface area contributed by atoms with Crippen LogP contribution >= 0.6 is 0 Å². The minimum absolute atomic E-state index is 0.124. The van der Waals surface area contributed by atoms with Crippen LogP contribution in [0.25, 0.3) is 10.9 Å². The zero-order valence-corrected chi connectivity index (χ0v) is 20.6. The van der Waals surface area contributed by atoms with E-state index in [0.717, 1.165) is 53.6 Å². The largest absolute Gasteiger partial charge is 0.497 e. The Balaban J connectivity index is 1.39. The number of urea groups is 1. The number of H-pyrrole nitrogens is 1. The number of imide groups is 1. The number of carbonyl (C=O) groups excluding carboxylic acids is 3. The lowest BCUT2D eigenvalue weighted by atomic mass is 9.87. The first-order valence-electron chi connectivity index (χ1n) is 12.7. The van der Waals surface area contributed by atoms with Gasteiger partial charge in [-0.1, -0.05) is 31.4 Å². The van der Waals surface area contributed by atoms with Crippen LogP contribution in [0.1, 0.15) is 60.6 Å². The smallest absolute Gasteiger partial charge is 0.332 e. The summed E-state index contributed by atoms with van der Waals surface area (Å²) in [5.41, 5.74) is 2.13. The van der Waals surface area contributed by atoms with Gasteiger partial charge in [0.2, 0.25) is 0 Å². The number of aromatic nitrogens is 1. The van der Waals surface area contributed by atoms with Gasteiger partial charge in [-0.15, -0.1) is 0 Å². The lowest BCUT2D eigenvalue weighted by Gasteiger charge is -2.35.